The molecule has 0 radical (unpaired) electrons. The van der Waals surface area contributed by atoms with Gasteiger partial charge in [0.05, 0.1) is 19.3 Å². The van der Waals surface area contributed by atoms with E-state index >= 15 is 0 Å². The van der Waals surface area contributed by atoms with E-state index in [1.54, 1.807) is 6.92 Å². The summed E-state index contributed by atoms with van der Waals surface area (Å²) in [6, 6.07) is 7.71. The van der Waals surface area contributed by atoms with Crippen molar-refractivity contribution >= 4 is 5.78 Å². The van der Waals surface area contributed by atoms with Crippen molar-refractivity contribution in [2.45, 2.75) is 46.3 Å². The Kier molecular flexibility index (Phi) is 6.74. The first kappa shape index (κ1) is 15.9. The third kappa shape index (κ3) is 5.53. The molecule has 0 aliphatic carbocycles. The number of ketones is 1. The molecular weight excluding hydrogens is 240 g/mol. The molecule has 1 atom stereocenters. The molecule has 0 saturated heterocycles. The van der Waals surface area contributed by atoms with Crippen LogP contribution in [0.15, 0.2) is 24.3 Å². The van der Waals surface area contributed by atoms with Crippen LogP contribution in [0.2, 0.25) is 0 Å². The third-order valence-corrected chi connectivity index (χ3v) is 2.92. The molecule has 0 fully saturated rings. The Bertz CT molecular complexity index is 381. The zero-order valence-electron chi connectivity index (χ0n) is 12.3. The fourth-order valence-electron chi connectivity index (χ4n) is 1.72. The summed E-state index contributed by atoms with van der Waals surface area (Å²) in [5, 5.41) is 0. The fourth-order valence-corrected chi connectivity index (χ4v) is 1.72. The van der Waals surface area contributed by atoms with Crippen LogP contribution < -0.4 is 0 Å². The molecule has 1 rings (SSSR count). The van der Waals surface area contributed by atoms with Crippen molar-refractivity contribution in [3.63, 3.8) is 0 Å². The average Bonchev–Trinajstić information content (AvgIpc) is 2.42. The van der Waals surface area contributed by atoms with Crippen molar-refractivity contribution in [3.8, 4) is 0 Å². The lowest BCUT2D eigenvalue weighted by molar-refractivity contribution is -0.00176. The molecule has 1 aromatic rings. The lowest BCUT2D eigenvalue weighted by atomic mass is 10.0. The largest absolute Gasteiger partial charge is 0.376 e. The SMILES string of the molecule is CCc1ccc(C(=O)C(C)OCCOC(C)C)cc1. The van der Waals surface area contributed by atoms with Gasteiger partial charge in [0.2, 0.25) is 0 Å². The van der Waals surface area contributed by atoms with Crippen LogP contribution in [0.5, 0.6) is 0 Å². The van der Waals surface area contributed by atoms with Gasteiger partial charge >= 0.3 is 0 Å². The monoisotopic (exact) mass is 264 g/mol. The van der Waals surface area contributed by atoms with Crippen LogP contribution >= 0.6 is 0 Å². The van der Waals surface area contributed by atoms with Gasteiger partial charge in [-0.3, -0.25) is 4.79 Å². The van der Waals surface area contributed by atoms with Crippen molar-refractivity contribution in [2.75, 3.05) is 13.2 Å². The highest BCUT2D eigenvalue weighted by Gasteiger charge is 2.15. The Morgan fingerprint density at radius 1 is 1.05 bits per heavy atom. The van der Waals surface area contributed by atoms with E-state index in [-0.39, 0.29) is 11.9 Å². The van der Waals surface area contributed by atoms with E-state index in [9.17, 15) is 4.79 Å². The van der Waals surface area contributed by atoms with Gasteiger partial charge in [0, 0.05) is 5.56 Å². The number of carbonyl (C=O) groups excluding carboxylic acids is 1. The van der Waals surface area contributed by atoms with Crippen LogP contribution in [0.4, 0.5) is 0 Å². The Morgan fingerprint density at radius 3 is 2.16 bits per heavy atom. The smallest absolute Gasteiger partial charge is 0.191 e. The van der Waals surface area contributed by atoms with Gasteiger partial charge in [-0.2, -0.15) is 0 Å². The minimum Gasteiger partial charge on any atom is -0.376 e. The van der Waals surface area contributed by atoms with Crippen molar-refractivity contribution < 1.29 is 14.3 Å². The standard InChI is InChI=1S/C16H24O3/c1-5-14-6-8-15(9-7-14)16(17)13(4)19-11-10-18-12(2)3/h6-9,12-13H,5,10-11H2,1-4H3. The zero-order valence-corrected chi connectivity index (χ0v) is 12.3. The molecule has 0 amide bonds. The highest BCUT2D eigenvalue weighted by atomic mass is 16.5. The molecular formula is C16H24O3. The first-order chi connectivity index (χ1) is 9.04. The Morgan fingerprint density at radius 2 is 1.63 bits per heavy atom. The van der Waals surface area contributed by atoms with Crippen LogP contribution in [0.1, 0.15) is 43.6 Å². The van der Waals surface area contributed by atoms with Crippen molar-refractivity contribution in [3.05, 3.63) is 35.4 Å². The van der Waals surface area contributed by atoms with Gasteiger partial charge in [-0.05, 0) is 32.8 Å². The Hall–Kier alpha value is -1.19. The molecule has 19 heavy (non-hydrogen) atoms. The highest BCUT2D eigenvalue weighted by Crippen LogP contribution is 2.09. The summed E-state index contributed by atoms with van der Waals surface area (Å²) >= 11 is 0. The second kappa shape index (κ2) is 8.08. The van der Waals surface area contributed by atoms with Crippen molar-refractivity contribution in [1.29, 1.82) is 0 Å². The molecule has 0 heterocycles. The van der Waals surface area contributed by atoms with E-state index < -0.39 is 6.10 Å². The van der Waals surface area contributed by atoms with Crippen molar-refractivity contribution in [2.24, 2.45) is 0 Å². The summed E-state index contributed by atoms with van der Waals surface area (Å²) in [7, 11) is 0. The number of ether oxygens (including phenoxy) is 2. The molecule has 1 aromatic carbocycles. The molecule has 0 aliphatic rings. The Balaban J connectivity index is 2.42. The summed E-state index contributed by atoms with van der Waals surface area (Å²) in [5.74, 6) is 0.0206. The number of aryl methyl sites for hydroxylation is 1. The first-order valence-corrected chi connectivity index (χ1v) is 6.91. The molecule has 0 spiro atoms. The maximum Gasteiger partial charge on any atom is 0.191 e. The summed E-state index contributed by atoms with van der Waals surface area (Å²) < 4.78 is 10.9. The molecule has 106 valence electrons. The van der Waals surface area contributed by atoms with Crippen LogP contribution in [-0.4, -0.2) is 31.2 Å². The number of benzene rings is 1. The van der Waals surface area contributed by atoms with Crippen LogP contribution in [0.3, 0.4) is 0 Å². The number of Topliss-reactive ketones (excluding diaryl/α,β-unsaturated/α-hetero) is 1. The van der Waals surface area contributed by atoms with Gasteiger partial charge in [0.15, 0.2) is 5.78 Å². The van der Waals surface area contributed by atoms with Crippen LogP contribution in [0, 0.1) is 0 Å². The zero-order chi connectivity index (χ0) is 14.3. The molecule has 0 aromatic heterocycles. The average molecular weight is 264 g/mol. The van der Waals surface area contributed by atoms with E-state index in [1.165, 1.54) is 5.56 Å². The quantitative estimate of drug-likeness (QED) is 0.534. The highest BCUT2D eigenvalue weighted by molar-refractivity contribution is 5.99. The van der Waals surface area contributed by atoms with Crippen molar-refractivity contribution in [1.82, 2.24) is 0 Å². The van der Waals surface area contributed by atoms with Crippen LogP contribution in [-0.2, 0) is 15.9 Å². The second-order valence-corrected chi connectivity index (χ2v) is 4.85. The number of hydrogen-bond donors (Lipinski definition) is 0. The second-order valence-electron chi connectivity index (χ2n) is 4.85. The minimum absolute atomic E-state index is 0.0206. The first-order valence-electron chi connectivity index (χ1n) is 6.91. The van der Waals surface area contributed by atoms with Gasteiger partial charge in [0.25, 0.3) is 0 Å². The lowest BCUT2D eigenvalue weighted by Crippen LogP contribution is -2.23. The molecule has 3 nitrogen and oxygen atoms in total. The Labute approximate surface area is 115 Å². The molecule has 1 unspecified atom stereocenters. The lowest BCUT2D eigenvalue weighted by Gasteiger charge is -2.13. The van der Waals surface area contributed by atoms with E-state index in [1.807, 2.05) is 38.1 Å². The normalized spacial score (nSPS) is 12.7. The van der Waals surface area contributed by atoms with Crippen LogP contribution in [0.25, 0.3) is 0 Å². The maximum absolute atomic E-state index is 12.1. The minimum atomic E-state index is -0.428. The molecule has 0 aliphatic heterocycles. The topological polar surface area (TPSA) is 35.5 Å². The van der Waals surface area contributed by atoms with Gasteiger partial charge in [0.1, 0.15) is 6.10 Å². The van der Waals surface area contributed by atoms with E-state index in [2.05, 4.69) is 6.92 Å². The summed E-state index contributed by atoms with van der Waals surface area (Å²) in [4.78, 5) is 12.1. The van der Waals surface area contributed by atoms with Gasteiger partial charge in [-0.15, -0.1) is 0 Å². The third-order valence-electron chi connectivity index (χ3n) is 2.92. The van der Waals surface area contributed by atoms with Gasteiger partial charge in [-0.25, -0.2) is 0 Å². The molecule has 0 N–H and O–H groups in total. The van der Waals surface area contributed by atoms with Gasteiger partial charge in [-0.1, -0.05) is 31.2 Å². The predicted molar refractivity (Wildman–Crippen MR) is 76.7 cm³/mol. The number of carbonyl (C=O) groups is 1. The summed E-state index contributed by atoms with van der Waals surface area (Å²) in [5.41, 5.74) is 1.94. The van der Waals surface area contributed by atoms with Gasteiger partial charge < -0.3 is 9.47 Å². The van der Waals surface area contributed by atoms with E-state index in [4.69, 9.17) is 9.47 Å². The van der Waals surface area contributed by atoms with E-state index in [0.29, 0.717) is 18.8 Å². The fraction of sp³-hybridized carbons (Fsp3) is 0.562. The summed E-state index contributed by atoms with van der Waals surface area (Å²) in [6.45, 7) is 8.79. The maximum atomic E-state index is 12.1. The number of hydrogen-bond acceptors (Lipinski definition) is 3. The predicted octanol–water partition coefficient (Wildman–Crippen LogP) is 3.26. The molecule has 3 heteroatoms. The summed E-state index contributed by atoms with van der Waals surface area (Å²) in [6.07, 6.45) is 0.743. The molecule has 0 saturated carbocycles. The van der Waals surface area contributed by atoms with E-state index in [0.717, 1.165) is 6.42 Å². The number of rotatable bonds is 8. The molecule has 0 bridgehead atoms.